The Bertz CT molecular complexity index is 634. The molecular formula is C19H32N4O4S-2. The molecule has 0 amide bonds. The normalized spacial score (nSPS) is 8.79. The number of nitrogens with one attached hydrogen (secondary N) is 1. The summed E-state index contributed by atoms with van der Waals surface area (Å²) in [4.78, 5) is 2.72. The summed E-state index contributed by atoms with van der Waals surface area (Å²) in [6.45, 7) is 8.25. The maximum atomic E-state index is 8.83. The molecule has 8 nitrogen and oxygen atoms in total. The molecule has 2 rings (SSSR count). The average molecular weight is 413 g/mol. The van der Waals surface area contributed by atoms with Crippen LogP contribution in [0.25, 0.3) is 10.4 Å². The summed E-state index contributed by atoms with van der Waals surface area (Å²) >= 11 is -2.88. The van der Waals surface area contributed by atoms with Gasteiger partial charge in [-0.05, 0) is 29.8 Å². The maximum Gasteiger partial charge on any atom is 0.0748 e. The van der Waals surface area contributed by atoms with Crippen molar-refractivity contribution >= 4 is 28.4 Å². The van der Waals surface area contributed by atoms with Gasteiger partial charge in [-0.2, -0.15) is 0 Å². The minimum Gasteiger partial charge on any atom is -0.750 e. The third-order valence-electron chi connectivity index (χ3n) is 2.15. The van der Waals surface area contributed by atoms with Crippen LogP contribution < -0.4 is 10.6 Å². The van der Waals surface area contributed by atoms with Crippen molar-refractivity contribution in [1.29, 1.82) is 0 Å². The molecule has 0 aliphatic rings. The molecular weight excluding hydrogens is 380 g/mol. The van der Waals surface area contributed by atoms with Gasteiger partial charge in [-0.25, -0.2) is 4.21 Å². The lowest BCUT2D eigenvalue weighted by Gasteiger charge is -2.05. The highest BCUT2D eigenvalue weighted by molar-refractivity contribution is 7.73. The van der Waals surface area contributed by atoms with E-state index in [0.717, 1.165) is 11.4 Å². The molecule has 0 spiro atoms. The first-order chi connectivity index (χ1) is 12.6. The second-order valence-electron chi connectivity index (χ2n) is 4.21. The van der Waals surface area contributed by atoms with Gasteiger partial charge in [-0.3, -0.25) is 0 Å². The standard InChI is InChI=1S/C12H10N4.C3H8.C2H6.2CH4.H2O4S/c13-16-15-12-8-6-11(7-9-12)14-10-4-2-1-3-5-10;1-3-2;1-2;;;1-4-5(2)3/h1-9,14H;3H2,1-2H3;1-2H3;2*1H4;1H,(H,2,3)/p-2. The number of hydrogen-bond acceptors (Lipinski definition) is 6. The molecule has 0 bridgehead atoms. The summed E-state index contributed by atoms with van der Waals surface area (Å²) in [5, 5.41) is 15.3. The van der Waals surface area contributed by atoms with Gasteiger partial charge in [0.25, 0.3) is 0 Å². The van der Waals surface area contributed by atoms with Crippen molar-refractivity contribution in [1.82, 2.24) is 0 Å². The first-order valence-corrected chi connectivity index (χ1v) is 8.94. The van der Waals surface area contributed by atoms with Crippen LogP contribution in [0.2, 0.25) is 0 Å². The molecule has 0 saturated carbocycles. The molecule has 2 aromatic rings. The van der Waals surface area contributed by atoms with E-state index in [1.807, 2.05) is 56.3 Å². The Morgan fingerprint density at radius 3 is 1.79 bits per heavy atom. The third kappa shape index (κ3) is 19.9. The maximum absolute atomic E-state index is 8.83. The molecule has 0 radical (unpaired) electrons. The quantitative estimate of drug-likeness (QED) is 0.160. The van der Waals surface area contributed by atoms with Crippen molar-refractivity contribution in [3.05, 3.63) is 65.0 Å². The molecule has 160 valence electrons. The van der Waals surface area contributed by atoms with Gasteiger partial charge in [0.05, 0.1) is 11.4 Å². The van der Waals surface area contributed by atoms with Gasteiger partial charge < -0.3 is 19.5 Å². The van der Waals surface area contributed by atoms with E-state index in [0.29, 0.717) is 5.69 Å². The molecule has 1 unspecified atom stereocenters. The molecule has 0 aliphatic heterocycles. The Balaban J connectivity index is -0.000000205. The SMILES string of the molecule is C.C.CC.CCC.O=S([O-])O[O-].[N-]=[N+]=Nc1ccc(Nc2ccccc2)cc1. The molecule has 0 aromatic heterocycles. The summed E-state index contributed by atoms with van der Waals surface area (Å²) in [6.07, 6.45) is 1.25. The molecule has 0 fully saturated rings. The lowest BCUT2D eigenvalue weighted by Crippen LogP contribution is -2.06. The van der Waals surface area contributed by atoms with Crippen molar-refractivity contribution in [2.75, 3.05) is 5.32 Å². The van der Waals surface area contributed by atoms with Crippen LogP contribution in [-0.4, -0.2) is 8.76 Å². The van der Waals surface area contributed by atoms with E-state index in [1.54, 1.807) is 12.1 Å². The van der Waals surface area contributed by atoms with E-state index < -0.39 is 11.4 Å². The average Bonchev–Trinajstić information content (AvgIpc) is 2.67. The summed E-state index contributed by atoms with van der Waals surface area (Å²) in [5.74, 6) is 0. The van der Waals surface area contributed by atoms with Gasteiger partial charge in [0.1, 0.15) is 0 Å². The van der Waals surface area contributed by atoms with E-state index in [2.05, 4.69) is 33.5 Å². The Morgan fingerprint density at radius 1 is 1.04 bits per heavy atom. The summed E-state index contributed by atoms with van der Waals surface area (Å²) < 4.78 is 20.1. The van der Waals surface area contributed by atoms with Crippen LogP contribution in [0.5, 0.6) is 0 Å². The van der Waals surface area contributed by atoms with E-state index in [9.17, 15) is 0 Å². The monoisotopic (exact) mass is 412 g/mol. The molecule has 28 heavy (non-hydrogen) atoms. The van der Waals surface area contributed by atoms with Crippen LogP contribution in [-0.2, 0) is 15.7 Å². The Kier molecular flexibility index (Phi) is 29.1. The van der Waals surface area contributed by atoms with Crippen molar-refractivity contribution < 1.29 is 18.4 Å². The summed E-state index contributed by atoms with van der Waals surface area (Å²) in [5.41, 5.74) is 10.9. The van der Waals surface area contributed by atoms with Crippen molar-refractivity contribution in [2.45, 2.75) is 49.0 Å². The minimum atomic E-state index is -2.88. The Labute approximate surface area is 171 Å². The molecule has 9 heteroatoms. The summed E-state index contributed by atoms with van der Waals surface area (Å²) in [7, 11) is 0. The van der Waals surface area contributed by atoms with Gasteiger partial charge in [-0.15, -0.1) is 0 Å². The lowest BCUT2D eigenvalue weighted by molar-refractivity contribution is -0.635. The zero-order valence-corrected chi connectivity index (χ0v) is 16.1. The van der Waals surface area contributed by atoms with E-state index in [4.69, 9.17) is 19.6 Å². The fourth-order valence-corrected chi connectivity index (χ4v) is 1.35. The highest BCUT2D eigenvalue weighted by Crippen LogP contribution is 2.19. The van der Waals surface area contributed by atoms with Crippen LogP contribution in [0.4, 0.5) is 17.1 Å². The number of benzene rings is 2. The zero-order valence-electron chi connectivity index (χ0n) is 15.3. The predicted octanol–water partition coefficient (Wildman–Crippen LogP) is 6.16. The number of para-hydroxylation sites is 1. The van der Waals surface area contributed by atoms with Gasteiger partial charge in [0, 0.05) is 22.0 Å². The van der Waals surface area contributed by atoms with Crippen LogP contribution in [0.3, 0.4) is 0 Å². The second-order valence-corrected chi connectivity index (χ2v) is 4.75. The van der Waals surface area contributed by atoms with E-state index >= 15 is 0 Å². The van der Waals surface area contributed by atoms with Crippen molar-refractivity contribution in [2.24, 2.45) is 5.11 Å². The molecule has 0 saturated heterocycles. The van der Waals surface area contributed by atoms with Crippen LogP contribution in [0.15, 0.2) is 59.7 Å². The first kappa shape index (κ1) is 33.2. The number of azide groups is 1. The topological polar surface area (TPSA) is 133 Å². The number of anilines is 2. The Hall–Kier alpha value is -2.42. The third-order valence-corrected chi connectivity index (χ3v) is 2.26. The van der Waals surface area contributed by atoms with Crippen LogP contribution in [0, 0.1) is 0 Å². The molecule has 0 heterocycles. The molecule has 1 atom stereocenters. The first-order valence-electron chi connectivity index (χ1n) is 7.94. The zero-order chi connectivity index (χ0) is 20.2. The fourth-order valence-electron chi connectivity index (χ4n) is 1.35. The molecule has 1 N–H and O–H groups in total. The molecule has 0 aliphatic carbocycles. The highest BCUT2D eigenvalue weighted by Gasteiger charge is 1.93. The smallest absolute Gasteiger partial charge is 0.0748 e. The van der Waals surface area contributed by atoms with Crippen molar-refractivity contribution in [3.63, 3.8) is 0 Å². The largest absolute Gasteiger partial charge is 0.750 e. The Morgan fingerprint density at radius 2 is 1.43 bits per heavy atom. The molecule has 2 aromatic carbocycles. The second kappa shape index (κ2) is 24.6. The summed E-state index contributed by atoms with van der Waals surface area (Å²) in [6, 6.07) is 17.2. The lowest BCUT2D eigenvalue weighted by atomic mass is 10.2. The fraction of sp³-hybridized carbons (Fsp3) is 0.368. The van der Waals surface area contributed by atoms with Crippen LogP contribution in [0.1, 0.15) is 49.0 Å². The van der Waals surface area contributed by atoms with Gasteiger partial charge in [0.2, 0.25) is 0 Å². The van der Waals surface area contributed by atoms with Crippen LogP contribution >= 0.6 is 0 Å². The number of nitrogens with zero attached hydrogens (tertiary/aromatic N) is 3. The highest BCUT2D eigenvalue weighted by atomic mass is 32.2. The van der Waals surface area contributed by atoms with Crippen molar-refractivity contribution in [3.8, 4) is 0 Å². The van der Waals surface area contributed by atoms with E-state index in [-0.39, 0.29) is 14.9 Å². The van der Waals surface area contributed by atoms with Gasteiger partial charge in [0.15, 0.2) is 0 Å². The number of hydrogen-bond donors (Lipinski definition) is 1. The van der Waals surface area contributed by atoms with E-state index in [1.165, 1.54) is 6.42 Å². The number of rotatable bonds is 4. The predicted molar refractivity (Wildman–Crippen MR) is 116 cm³/mol. The van der Waals surface area contributed by atoms with Gasteiger partial charge in [-0.1, -0.05) is 84.4 Å². The minimum absolute atomic E-state index is 0. The van der Waals surface area contributed by atoms with Gasteiger partial charge >= 0.3 is 0 Å².